The van der Waals surface area contributed by atoms with Gasteiger partial charge in [-0.3, -0.25) is 24.8 Å². The van der Waals surface area contributed by atoms with Gasteiger partial charge >= 0.3 is 11.4 Å². The fourth-order valence-electron chi connectivity index (χ4n) is 2.27. The van der Waals surface area contributed by atoms with Gasteiger partial charge in [-0.2, -0.15) is 5.10 Å². The molecular weight excluding hydrogens is 278 g/mol. The van der Waals surface area contributed by atoms with Gasteiger partial charge in [-0.1, -0.05) is 0 Å². The van der Waals surface area contributed by atoms with Crippen molar-refractivity contribution in [3.63, 3.8) is 0 Å². The van der Waals surface area contributed by atoms with Gasteiger partial charge in [0.25, 0.3) is 5.56 Å². The number of hydrogen-bond acceptors (Lipinski definition) is 5. The van der Waals surface area contributed by atoms with Crippen LogP contribution in [0.5, 0.6) is 0 Å². The molecule has 104 valence electrons. The van der Waals surface area contributed by atoms with Gasteiger partial charge in [-0.25, -0.2) is 9.59 Å². The second kappa shape index (κ2) is 3.82. The minimum absolute atomic E-state index is 0.166. The highest BCUT2D eigenvalue weighted by Gasteiger charge is 2.13. The molecule has 4 N–H and O–H groups in total. The monoisotopic (exact) mass is 285 g/mol. The quantitative estimate of drug-likeness (QED) is 0.391. The molecule has 0 fully saturated rings. The van der Waals surface area contributed by atoms with Crippen LogP contribution in [0.15, 0.2) is 37.0 Å². The molecule has 0 radical (unpaired) electrons. The van der Waals surface area contributed by atoms with Crippen LogP contribution in [0.25, 0.3) is 33.4 Å². The molecular formula is C12H7N5O4. The standard InChI is InChI=1S/C12H7N5O4/c18-10-7-8(16-17-9(7)14-11(19)15-10)4-1-2-6-5(3-4)13-12(20)21-6/h1-3H,(H,13,20)(H3,14,15,16,17,18,19). The first-order valence-electron chi connectivity index (χ1n) is 5.96. The third kappa shape index (κ3) is 1.64. The van der Waals surface area contributed by atoms with E-state index in [0.29, 0.717) is 22.4 Å². The van der Waals surface area contributed by atoms with Crippen molar-refractivity contribution < 1.29 is 4.42 Å². The van der Waals surface area contributed by atoms with Gasteiger partial charge in [-0.05, 0) is 18.2 Å². The van der Waals surface area contributed by atoms with Crippen molar-refractivity contribution >= 4 is 22.1 Å². The fourth-order valence-corrected chi connectivity index (χ4v) is 2.27. The van der Waals surface area contributed by atoms with Crippen molar-refractivity contribution in [1.82, 2.24) is 25.1 Å². The number of aromatic nitrogens is 5. The molecule has 4 aromatic rings. The molecule has 0 spiro atoms. The second-order valence-electron chi connectivity index (χ2n) is 4.46. The summed E-state index contributed by atoms with van der Waals surface area (Å²) >= 11 is 0. The topological polar surface area (TPSA) is 140 Å². The van der Waals surface area contributed by atoms with Crippen LogP contribution in [0.2, 0.25) is 0 Å². The predicted octanol–water partition coefficient (Wildman–Crippen LogP) is 0.0410. The lowest BCUT2D eigenvalue weighted by molar-refractivity contribution is 0.555. The van der Waals surface area contributed by atoms with Gasteiger partial charge in [0.2, 0.25) is 0 Å². The number of oxazole rings is 1. The van der Waals surface area contributed by atoms with Gasteiger partial charge in [0.15, 0.2) is 11.2 Å². The summed E-state index contributed by atoms with van der Waals surface area (Å²) in [4.78, 5) is 41.4. The minimum atomic E-state index is -0.625. The Kier molecular flexibility index (Phi) is 2.09. The Hall–Kier alpha value is -3.36. The Bertz CT molecular complexity index is 1160. The molecule has 0 bridgehead atoms. The number of nitrogens with one attached hydrogen (secondary N) is 4. The van der Waals surface area contributed by atoms with E-state index in [1.54, 1.807) is 18.2 Å². The van der Waals surface area contributed by atoms with Gasteiger partial charge in [-0.15, -0.1) is 0 Å². The second-order valence-corrected chi connectivity index (χ2v) is 4.46. The molecule has 0 unspecified atom stereocenters. The first kappa shape index (κ1) is 11.5. The van der Waals surface area contributed by atoms with Crippen molar-refractivity contribution in [2.75, 3.05) is 0 Å². The Morgan fingerprint density at radius 3 is 2.76 bits per heavy atom. The summed E-state index contributed by atoms with van der Waals surface area (Å²) < 4.78 is 4.91. The average Bonchev–Trinajstić information content (AvgIpc) is 2.99. The van der Waals surface area contributed by atoms with Gasteiger partial charge in [0.05, 0.1) is 11.2 Å². The number of H-pyrrole nitrogens is 4. The largest absolute Gasteiger partial charge is 0.417 e. The van der Waals surface area contributed by atoms with Crippen LogP contribution in [-0.2, 0) is 0 Å². The number of rotatable bonds is 1. The summed E-state index contributed by atoms with van der Waals surface area (Å²) in [6.45, 7) is 0. The maximum Gasteiger partial charge on any atom is 0.417 e. The fraction of sp³-hybridized carbons (Fsp3) is 0. The Morgan fingerprint density at radius 1 is 1.05 bits per heavy atom. The Labute approximate surface area is 113 Å². The lowest BCUT2D eigenvalue weighted by Crippen LogP contribution is -2.21. The van der Waals surface area contributed by atoms with Crippen molar-refractivity contribution in [1.29, 1.82) is 0 Å². The zero-order chi connectivity index (χ0) is 14.6. The van der Waals surface area contributed by atoms with Gasteiger partial charge in [0.1, 0.15) is 5.39 Å². The molecule has 1 aromatic carbocycles. The Balaban J connectivity index is 2.06. The molecule has 3 aromatic heterocycles. The number of aromatic amines is 4. The van der Waals surface area contributed by atoms with E-state index in [4.69, 9.17) is 4.42 Å². The molecule has 0 aliphatic rings. The first-order chi connectivity index (χ1) is 10.1. The first-order valence-corrected chi connectivity index (χ1v) is 5.96. The SMILES string of the molecule is O=c1[nH]c(=O)c2c(-c3ccc4oc(=O)[nH]c4c3)[nH]nc2[nH]1. The molecule has 3 heterocycles. The summed E-state index contributed by atoms with van der Waals surface area (Å²) in [5.41, 5.74) is 0.972. The van der Waals surface area contributed by atoms with Crippen LogP contribution in [0.4, 0.5) is 0 Å². The van der Waals surface area contributed by atoms with Crippen LogP contribution in [0.3, 0.4) is 0 Å². The number of fused-ring (bicyclic) bond motifs is 2. The van der Waals surface area contributed by atoms with Crippen molar-refractivity contribution in [2.24, 2.45) is 0 Å². The number of benzene rings is 1. The zero-order valence-electron chi connectivity index (χ0n) is 10.3. The molecule has 9 nitrogen and oxygen atoms in total. The van der Waals surface area contributed by atoms with Gasteiger partial charge in [0, 0.05) is 5.56 Å². The summed E-state index contributed by atoms with van der Waals surface area (Å²) in [6.07, 6.45) is 0. The summed E-state index contributed by atoms with van der Waals surface area (Å²) in [6, 6.07) is 4.93. The zero-order valence-corrected chi connectivity index (χ0v) is 10.3. The van der Waals surface area contributed by atoms with Crippen molar-refractivity contribution in [3.05, 3.63) is 49.6 Å². The van der Waals surface area contributed by atoms with E-state index in [1.807, 2.05) is 0 Å². The molecule has 0 atom stereocenters. The van der Waals surface area contributed by atoms with Crippen LogP contribution in [0.1, 0.15) is 0 Å². The van der Waals surface area contributed by atoms with Crippen molar-refractivity contribution in [2.45, 2.75) is 0 Å². The lowest BCUT2D eigenvalue weighted by Gasteiger charge is -1.97. The van der Waals surface area contributed by atoms with E-state index in [-0.39, 0.29) is 11.0 Å². The van der Waals surface area contributed by atoms with Crippen molar-refractivity contribution in [3.8, 4) is 11.3 Å². The number of hydrogen-bond donors (Lipinski definition) is 4. The molecule has 0 aliphatic carbocycles. The highest BCUT2D eigenvalue weighted by Crippen LogP contribution is 2.24. The van der Waals surface area contributed by atoms with E-state index >= 15 is 0 Å². The van der Waals surface area contributed by atoms with E-state index in [9.17, 15) is 14.4 Å². The molecule has 21 heavy (non-hydrogen) atoms. The summed E-state index contributed by atoms with van der Waals surface area (Å²) in [5.74, 6) is -0.557. The molecule has 0 amide bonds. The van der Waals surface area contributed by atoms with E-state index < -0.39 is 17.0 Å². The Morgan fingerprint density at radius 2 is 1.90 bits per heavy atom. The molecule has 0 saturated heterocycles. The smallest absolute Gasteiger partial charge is 0.408 e. The average molecular weight is 285 g/mol. The lowest BCUT2D eigenvalue weighted by atomic mass is 10.1. The number of nitrogens with zero attached hydrogens (tertiary/aromatic N) is 1. The predicted molar refractivity (Wildman–Crippen MR) is 73.2 cm³/mol. The summed E-state index contributed by atoms with van der Waals surface area (Å²) in [7, 11) is 0. The van der Waals surface area contributed by atoms with E-state index in [1.165, 1.54) is 0 Å². The third-order valence-electron chi connectivity index (χ3n) is 3.16. The van der Waals surface area contributed by atoms with Gasteiger partial charge < -0.3 is 4.42 Å². The van der Waals surface area contributed by atoms with Crippen LogP contribution in [0, 0.1) is 0 Å². The maximum atomic E-state index is 11.9. The summed E-state index contributed by atoms with van der Waals surface area (Å²) in [5, 5.41) is 6.85. The molecule has 0 saturated carbocycles. The normalized spacial score (nSPS) is 11.4. The van der Waals surface area contributed by atoms with Crippen LogP contribution < -0.4 is 17.0 Å². The van der Waals surface area contributed by atoms with Crippen LogP contribution in [-0.4, -0.2) is 25.1 Å². The highest BCUT2D eigenvalue weighted by atomic mass is 16.4. The van der Waals surface area contributed by atoms with E-state index in [2.05, 4.69) is 25.1 Å². The highest BCUT2D eigenvalue weighted by molar-refractivity contribution is 5.92. The molecule has 4 rings (SSSR count). The minimum Gasteiger partial charge on any atom is -0.408 e. The maximum absolute atomic E-state index is 11.9. The third-order valence-corrected chi connectivity index (χ3v) is 3.16. The molecule has 0 aliphatic heterocycles. The van der Waals surface area contributed by atoms with Crippen LogP contribution >= 0.6 is 0 Å². The van der Waals surface area contributed by atoms with E-state index in [0.717, 1.165) is 0 Å². The molecule has 9 heteroatoms.